The fraction of sp³-hybridized carbons (Fsp3) is 0.308. The first kappa shape index (κ1) is 25.9. The molecule has 0 unspecified atom stereocenters. The maximum atomic E-state index is 13.0. The molecule has 2 aromatic rings. The second-order valence-electron chi connectivity index (χ2n) is 8.45. The molecular formula is C26H28N4O4S2. The van der Waals surface area contributed by atoms with Crippen LogP contribution in [0.3, 0.4) is 0 Å². The highest BCUT2D eigenvalue weighted by Crippen LogP contribution is 2.33. The monoisotopic (exact) mass is 524 g/mol. The van der Waals surface area contributed by atoms with E-state index in [-0.39, 0.29) is 22.7 Å². The average molecular weight is 525 g/mol. The predicted octanol–water partition coefficient (Wildman–Crippen LogP) is 3.81. The number of nitrogens with one attached hydrogen (secondary N) is 2. The topological polar surface area (TPSA) is 91.0 Å². The van der Waals surface area contributed by atoms with Gasteiger partial charge < -0.3 is 15.0 Å². The Morgan fingerprint density at radius 1 is 1.00 bits per heavy atom. The van der Waals surface area contributed by atoms with Crippen molar-refractivity contribution in [3.63, 3.8) is 0 Å². The highest BCUT2D eigenvalue weighted by atomic mass is 32.2. The van der Waals surface area contributed by atoms with Crippen LogP contribution in [-0.2, 0) is 14.4 Å². The molecular weight excluding hydrogens is 496 g/mol. The van der Waals surface area contributed by atoms with E-state index in [1.54, 1.807) is 36.4 Å². The zero-order chi connectivity index (χ0) is 25.3. The van der Waals surface area contributed by atoms with E-state index in [2.05, 4.69) is 15.6 Å². The molecule has 8 nitrogen and oxygen atoms in total. The lowest BCUT2D eigenvalue weighted by Crippen LogP contribution is -2.46. The van der Waals surface area contributed by atoms with Gasteiger partial charge in [0.1, 0.15) is 5.75 Å². The Kier molecular flexibility index (Phi) is 9.10. The molecule has 0 aliphatic carbocycles. The van der Waals surface area contributed by atoms with E-state index < -0.39 is 5.91 Å². The fourth-order valence-electron chi connectivity index (χ4n) is 3.92. The van der Waals surface area contributed by atoms with Crippen LogP contribution in [0.4, 0.5) is 5.69 Å². The number of hydrazine groups is 1. The number of hydrogen-bond donors (Lipinski definition) is 2. The second-order valence-corrected chi connectivity index (χ2v) is 10.1. The third-order valence-corrected chi connectivity index (χ3v) is 7.06. The molecule has 0 saturated carbocycles. The number of amides is 3. The van der Waals surface area contributed by atoms with Crippen LogP contribution in [-0.4, -0.2) is 58.2 Å². The van der Waals surface area contributed by atoms with Crippen molar-refractivity contribution in [3.8, 4) is 5.75 Å². The van der Waals surface area contributed by atoms with Crippen molar-refractivity contribution in [1.29, 1.82) is 0 Å². The minimum Gasteiger partial charge on any atom is -0.483 e. The number of para-hydroxylation sites is 2. The van der Waals surface area contributed by atoms with Gasteiger partial charge >= 0.3 is 0 Å². The Balaban J connectivity index is 1.34. The SMILES string of the molecule is O=C(COc1ccccc1/C=C1\SC(=S)N(NC(=O)CCN2CCCCC2)C1=O)Nc1ccccc1. The van der Waals surface area contributed by atoms with Gasteiger partial charge in [0.25, 0.3) is 11.8 Å². The van der Waals surface area contributed by atoms with Gasteiger partial charge in [-0.25, -0.2) is 0 Å². The van der Waals surface area contributed by atoms with Gasteiger partial charge in [-0.15, -0.1) is 0 Å². The molecule has 3 amide bonds. The number of ether oxygens (including phenoxy) is 1. The van der Waals surface area contributed by atoms with Gasteiger partial charge in [0.15, 0.2) is 10.9 Å². The van der Waals surface area contributed by atoms with Gasteiger partial charge in [-0.05, 0) is 62.4 Å². The quantitative estimate of drug-likeness (QED) is 0.381. The van der Waals surface area contributed by atoms with Crippen LogP contribution >= 0.6 is 24.0 Å². The third-order valence-electron chi connectivity index (χ3n) is 5.76. The Morgan fingerprint density at radius 2 is 1.72 bits per heavy atom. The summed E-state index contributed by atoms with van der Waals surface area (Å²) in [6, 6.07) is 16.2. The maximum absolute atomic E-state index is 13.0. The molecule has 2 aliphatic heterocycles. The Labute approximate surface area is 220 Å². The van der Waals surface area contributed by atoms with Crippen molar-refractivity contribution < 1.29 is 19.1 Å². The molecule has 0 aromatic heterocycles. The zero-order valence-corrected chi connectivity index (χ0v) is 21.4. The minimum atomic E-state index is -0.395. The number of piperidine rings is 1. The number of thiocarbonyl (C=S) groups is 1. The van der Waals surface area contributed by atoms with Crippen molar-refractivity contribution in [1.82, 2.24) is 15.3 Å². The third kappa shape index (κ3) is 7.16. The summed E-state index contributed by atoms with van der Waals surface area (Å²) in [5, 5.41) is 3.89. The fourth-order valence-corrected chi connectivity index (χ4v) is 5.09. The molecule has 0 atom stereocenters. The van der Waals surface area contributed by atoms with Crippen molar-refractivity contribution in [2.75, 3.05) is 31.6 Å². The van der Waals surface area contributed by atoms with E-state index in [0.717, 1.165) is 42.7 Å². The number of anilines is 1. The minimum absolute atomic E-state index is 0.187. The lowest BCUT2D eigenvalue weighted by Gasteiger charge is -2.26. The molecule has 4 rings (SSSR count). The number of likely N-dealkylation sites (tertiary alicyclic amines) is 1. The molecule has 0 bridgehead atoms. The second kappa shape index (κ2) is 12.7. The highest BCUT2D eigenvalue weighted by Gasteiger charge is 2.33. The summed E-state index contributed by atoms with van der Waals surface area (Å²) in [5.41, 5.74) is 3.95. The normalized spacial score (nSPS) is 17.3. The molecule has 0 spiro atoms. The molecule has 36 heavy (non-hydrogen) atoms. The Hall–Kier alpha value is -3.21. The van der Waals surface area contributed by atoms with E-state index in [0.29, 0.717) is 34.9 Å². The summed E-state index contributed by atoms with van der Waals surface area (Å²) in [5.74, 6) is -0.481. The van der Waals surface area contributed by atoms with E-state index in [4.69, 9.17) is 17.0 Å². The van der Waals surface area contributed by atoms with Crippen LogP contribution in [0, 0.1) is 0 Å². The van der Waals surface area contributed by atoms with E-state index in [1.807, 2.05) is 24.3 Å². The molecule has 10 heteroatoms. The summed E-state index contributed by atoms with van der Waals surface area (Å²) in [6.07, 6.45) is 5.51. The number of carbonyl (C=O) groups is 3. The van der Waals surface area contributed by atoms with Gasteiger partial charge in [0, 0.05) is 24.2 Å². The zero-order valence-electron chi connectivity index (χ0n) is 19.8. The summed E-state index contributed by atoms with van der Waals surface area (Å²) < 4.78 is 5.99. The number of rotatable bonds is 9. The first-order chi connectivity index (χ1) is 17.5. The average Bonchev–Trinajstić information content (AvgIpc) is 3.15. The number of hydrogen-bond acceptors (Lipinski definition) is 7. The lowest BCUT2D eigenvalue weighted by molar-refractivity contribution is -0.133. The van der Waals surface area contributed by atoms with E-state index in [1.165, 1.54) is 6.42 Å². The number of carbonyl (C=O) groups excluding carboxylic acids is 3. The standard InChI is InChI=1S/C26H28N4O4S2/c31-23(13-16-29-14-7-2-8-15-29)28-30-25(33)22(36-26(30)35)17-19-9-5-6-12-21(19)34-18-24(32)27-20-10-3-1-4-11-20/h1,3-6,9-12,17H,2,7-8,13-16,18H2,(H,27,32)(H,28,31)/b22-17-. The van der Waals surface area contributed by atoms with Gasteiger partial charge in [0.2, 0.25) is 5.91 Å². The highest BCUT2D eigenvalue weighted by molar-refractivity contribution is 8.26. The van der Waals surface area contributed by atoms with Crippen LogP contribution in [0.15, 0.2) is 59.5 Å². The first-order valence-corrected chi connectivity index (χ1v) is 13.1. The van der Waals surface area contributed by atoms with E-state index in [9.17, 15) is 14.4 Å². The summed E-state index contributed by atoms with van der Waals surface area (Å²) in [6.45, 7) is 2.49. The van der Waals surface area contributed by atoms with Crippen molar-refractivity contribution in [3.05, 3.63) is 65.1 Å². The molecule has 2 fully saturated rings. The van der Waals surface area contributed by atoms with Gasteiger partial charge in [-0.3, -0.25) is 19.8 Å². The summed E-state index contributed by atoms with van der Waals surface area (Å²) in [7, 11) is 0. The van der Waals surface area contributed by atoms with Crippen LogP contribution in [0.2, 0.25) is 0 Å². The van der Waals surface area contributed by atoms with Gasteiger partial charge in [0.05, 0.1) is 4.91 Å². The molecule has 188 valence electrons. The van der Waals surface area contributed by atoms with Crippen LogP contribution in [0.25, 0.3) is 6.08 Å². The van der Waals surface area contributed by atoms with E-state index >= 15 is 0 Å². The van der Waals surface area contributed by atoms with Crippen LogP contribution < -0.4 is 15.5 Å². The molecule has 2 aliphatic rings. The number of thioether (sulfide) groups is 1. The van der Waals surface area contributed by atoms with Crippen molar-refractivity contribution in [2.24, 2.45) is 0 Å². The molecule has 0 radical (unpaired) electrons. The molecule has 2 heterocycles. The predicted molar refractivity (Wildman–Crippen MR) is 145 cm³/mol. The van der Waals surface area contributed by atoms with Gasteiger partial charge in [-0.2, -0.15) is 5.01 Å². The Morgan fingerprint density at radius 3 is 2.50 bits per heavy atom. The first-order valence-electron chi connectivity index (χ1n) is 11.9. The van der Waals surface area contributed by atoms with Crippen LogP contribution in [0.5, 0.6) is 5.75 Å². The summed E-state index contributed by atoms with van der Waals surface area (Å²) in [4.78, 5) is 40.3. The molecule has 2 saturated heterocycles. The number of benzene rings is 2. The summed E-state index contributed by atoms with van der Waals surface area (Å²) >= 11 is 6.45. The smallest absolute Gasteiger partial charge is 0.285 e. The van der Waals surface area contributed by atoms with Gasteiger partial charge in [-0.1, -0.05) is 54.6 Å². The van der Waals surface area contributed by atoms with Crippen LogP contribution in [0.1, 0.15) is 31.2 Å². The van der Waals surface area contributed by atoms with Crippen molar-refractivity contribution >= 4 is 57.8 Å². The molecule has 2 N–H and O–H groups in total. The molecule has 2 aromatic carbocycles. The Bertz CT molecular complexity index is 1150. The lowest BCUT2D eigenvalue weighted by atomic mass is 10.1. The van der Waals surface area contributed by atoms with Crippen molar-refractivity contribution in [2.45, 2.75) is 25.7 Å². The largest absolute Gasteiger partial charge is 0.483 e. The number of nitrogens with zero attached hydrogens (tertiary/aromatic N) is 2. The maximum Gasteiger partial charge on any atom is 0.285 e.